The molecule has 63 heavy (non-hydrogen) atoms. The van der Waals surface area contributed by atoms with Gasteiger partial charge in [0.05, 0.1) is 49.7 Å². The third kappa shape index (κ3) is 3.97. The van der Waals surface area contributed by atoms with Gasteiger partial charge >= 0.3 is 0 Å². The molecule has 0 aliphatic heterocycles. The van der Waals surface area contributed by atoms with Crippen molar-refractivity contribution < 1.29 is 0 Å². The Morgan fingerprint density at radius 2 is 0.349 bits per heavy atom. The third-order valence-corrected chi connectivity index (χ3v) is 14.5. The summed E-state index contributed by atoms with van der Waals surface area (Å²) in [4.78, 5) is 0. The lowest BCUT2D eigenvalue weighted by Crippen LogP contribution is -1.88. The number of rotatable bonds is 3. The molecule has 0 aliphatic rings. The summed E-state index contributed by atoms with van der Waals surface area (Å²) in [6, 6.07) is 75.4. The van der Waals surface area contributed by atoms with Gasteiger partial charge in [-0.25, -0.2) is 0 Å². The molecule has 0 spiro atoms. The SMILES string of the molecule is c1ccc2c(c1)c1cc(-c3cc(-c4cc5c6ccccc6n6c7ccccc7c(c4)c56)cc(-c4cc5c6ccccc6n6c7ccccc7c(c4)c56)c3)cc3c4ccccc4n2c13. The van der Waals surface area contributed by atoms with Crippen LogP contribution in [0.4, 0.5) is 0 Å². The van der Waals surface area contributed by atoms with Gasteiger partial charge in [-0.15, -0.1) is 0 Å². The molecule has 0 unspecified atom stereocenters. The molecule has 0 amide bonds. The second-order valence-electron chi connectivity index (χ2n) is 17.7. The highest BCUT2D eigenvalue weighted by Gasteiger charge is 2.23. The van der Waals surface area contributed by atoms with Crippen LogP contribution >= 0.6 is 0 Å². The fraction of sp³-hybridized carbons (Fsp3) is 0. The number of hydrogen-bond acceptors (Lipinski definition) is 0. The van der Waals surface area contributed by atoms with E-state index in [4.69, 9.17) is 0 Å². The van der Waals surface area contributed by atoms with Crippen molar-refractivity contribution in [1.29, 1.82) is 0 Å². The molecule has 6 heterocycles. The Morgan fingerprint density at radius 1 is 0.175 bits per heavy atom. The van der Waals surface area contributed by atoms with Gasteiger partial charge in [-0.1, -0.05) is 109 Å². The van der Waals surface area contributed by atoms with Crippen molar-refractivity contribution in [3.05, 3.63) is 200 Å². The Morgan fingerprint density at radius 3 is 0.556 bits per heavy atom. The van der Waals surface area contributed by atoms with E-state index in [-0.39, 0.29) is 0 Å². The Balaban J connectivity index is 1.04. The van der Waals surface area contributed by atoms with E-state index in [9.17, 15) is 0 Å². The first-order chi connectivity index (χ1) is 31.2. The van der Waals surface area contributed by atoms with Gasteiger partial charge in [0.25, 0.3) is 0 Å². The minimum absolute atomic E-state index is 1.21. The monoisotopic (exact) mass is 795 g/mol. The lowest BCUT2D eigenvalue weighted by Gasteiger charge is -2.13. The molecule has 0 N–H and O–H groups in total. The second-order valence-corrected chi connectivity index (χ2v) is 17.7. The van der Waals surface area contributed by atoms with Crippen LogP contribution in [0.15, 0.2) is 200 Å². The van der Waals surface area contributed by atoms with Gasteiger partial charge in [-0.05, 0) is 124 Å². The van der Waals surface area contributed by atoms with E-state index in [1.807, 2.05) is 0 Å². The van der Waals surface area contributed by atoms with Crippen LogP contribution in [0.25, 0.3) is 148 Å². The first kappa shape index (κ1) is 32.4. The zero-order valence-electron chi connectivity index (χ0n) is 33.9. The van der Waals surface area contributed by atoms with Gasteiger partial charge in [0, 0.05) is 64.6 Å². The summed E-state index contributed by atoms with van der Waals surface area (Å²) in [5, 5.41) is 15.5. The van der Waals surface area contributed by atoms with Gasteiger partial charge in [-0.2, -0.15) is 0 Å². The molecule has 0 aliphatic carbocycles. The molecule has 0 radical (unpaired) electrons. The largest absolute Gasteiger partial charge is 0.308 e. The zero-order chi connectivity index (χ0) is 40.7. The molecule has 16 aromatic rings. The molecule has 0 atom stereocenters. The summed E-state index contributed by atoms with van der Waals surface area (Å²) >= 11 is 0. The van der Waals surface area contributed by atoms with E-state index in [0.717, 1.165) is 0 Å². The summed E-state index contributed by atoms with van der Waals surface area (Å²) in [6.45, 7) is 0. The Hall–Kier alpha value is -8.40. The lowest BCUT2D eigenvalue weighted by atomic mass is 9.90. The minimum Gasteiger partial charge on any atom is -0.308 e. The van der Waals surface area contributed by atoms with Crippen molar-refractivity contribution in [2.75, 3.05) is 0 Å². The highest BCUT2D eigenvalue weighted by Crippen LogP contribution is 2.47. The van der Waals surface area contributed by atoms with Gasteiger partial charge < -0.3 is 13.2 Å². The summed E-state index contributed by atoms with van der Waals surface area (Å²) in [5.41, 5.74) is 18.7. The Labute approximate surface area is 359 Å². The second kappa shape index (κ2) is 11.3. The van der Waals surface area contributed by atoms with Crippen LogP contribution in [-0.4, -0.2) is 13.2 Å². The first-order valence-corrected chi connectivity index (χ1v) is 21.9. The quantitative estimate of drug-likeness (QED) is 0.169. The number of hydrogen-bond donors (Lipinski definition) is 0. The smallest absolute Gasteiger partial charge is 0.0620 e. The number of fused-ring (bicyclic) bond motifs is 18. The van der Waals surface area contributed by atoms with Gasteiger partial charge in [0.1, 0.15) is 0 Å². The van der Waals surface area contributed by atoms with E-state index >= 15 is 0 Å². The maximum Gasteiger partial charge on any atom is 0.0620 e. The number of aromatic nitrogens is 3. The fourth-order valence-corrected chi connectivity index (χ4v) is 12.0. The maximum absolute atomic E-state index is 2.47. The summed E-state index contributed by atoms with van der Waals surface area (Å²) in [7, 11) is 0. The van der Waals surface area contributed by atoms with Crippen molar-refractivity contribution in [2.45, 2.75) is 0 Å². The summed E-state index contributed by atoms with van der Waals surface area (Å²) in [5.74, 6) is 0. The molecular weight excluding hydrogens is 763 g/mol. The Bertz CT molecular complexity index is 3880. The molecule has 0 saturated carbocycles. The van der Waals surface area contributed by atoms with Crippen molar-refractivity contribution in [1.82, 2.24) is 13.2 Å². The maximum atomic E-state index is 2.47. The van der Waals surface area contributed by atoms with E-state index in [2.05, 4.69) is 213 Å². The highest BCUT2D eigenvalue weighted by molar-refractivity contribution is 6.27. The van der Waals surface area contributed by atoms with Crippen molar-refractivity contribution in [2.24, 2.45) is 0 Å². The molecule has 288 valence electrons. The predicted molar refractivity (Wildman–Crippen MR) is 267 cm³/mol. The lowest BCUT2D eigenvalue weighted by molar-refractivity contribution is 1.37. The van der Waals surface area contributed by atoms with Crippen LogP contribution in [0.1, 0.15) is 0 Å². The number of benzene rings is 10. The van der Waals surface area contributed by atoms with E-state index in [1.54, 1.807) is 0 Å². The van der Waals surface area contributed by atoms with E-state index in [1.165, 1.54) is 148 Å². The third-order valence-electron chi connectivity index (χ3n) is 14.5. The summed E-state index contributed by atoms with van der Waals surface area (Å²) < 4.78 is 7.42. The molecule has 6 aromatic heterocycles. The zero-order valence-corrected chi connectivity index (χ0v) is 33.9. The average molecular weight is 796 g/mol. The molecule has 0 fully saturated rings. The molecule has 16 rings (SSSR count). The molecule has 3 heteroatoms. The van der Waals surface area contributed by atoms with Crippen LogP contribution in [0.3, 0.4) is 0 Å². The van der Waals surface area contributed by atoms with Crippen LogP contribution < -0.4 is 0 Å². The molecule has 0 saturated heterocycles. The molecule has 0 bridgehead atoms. The van der Waals surface area contributed by atoms with E-state index < -0.39 is 0 Å². The molecular formula is C60H33N3. The summed E-state index contributed by atoms with van der Waals surface area (Å²) in [6.07, 6.45) is 0. The molecule has 3 nitrogen and oxygen atoms in total. The van der Waals surface area contributed by atoms with E-state index in [0.29, 0.717) is 0 Å². The topological polar surface area (TPSA) is 13.2 Å². The minimum atomic E-state index is 1.21. The average Bonchev–Trinajstić information content (AvgIpc) is 4.18. The Kier molecular flexibility index (Phi) is 5.80. The normalized spacial score (nSPS) is 12.8. The van der Waals surface area contributed by atoms with Gasteiger partial charge in [-0.3, -0.25) is 0 Å². The standard InChI is InChI=1S/C60H33N3/c1-7-19-52-40(13-1)46-28-37(29-47-41-14-2-8-20-53(41)61(52)58(46)47)34-25-35(38-30-48-42-15-3-9-21-54(42)62-55-22-10-4-16-43(55)49(31-38)59(48)62)27-36(26-34)39-32-50-44-17-5-11-23-56(44)63-57-24-12-6-18-45(57)51(33-39)60(50)63/h1-33H. The van der Waals surface area contributed by atoms with Crippen LogP contribution in [-0.2, 0) is 0 Å². The van der Waals surface area contributed by atoms with Gasteiger partial charge in [0.2, 0.25) is 0 Å². The van der Waals surface area contributed by atoms with Crippen molar-refractivity contribution >= 4 is 114 Å². The fourth-order valence-electron chi connectivity index (χ4n) is 12.0. The first-order valence-electron chi connectivity index (χ1n) is 21.9. The van der Waals surface area contributed by atoms with Crippen LogP contribution in [0.5, 0.6) is 0 Å². The van der Waals surface area contributed by atoms with Crippen LogP contribution in [0, 0.1) is 0 Å². The van der Waals surface area contributed by atoms with Crippen LogP contribution in [0.2, 0.25) is 0 Å². The predicted octanol–water partition coefficient (Wildman–Crippen LogP) is 16.1. The molecule has 10 aromatic carbocycles. The van der Waals surface area contributed by atoms with Crippen molar-refractivity contribution in [3.8, 4) is 33.4 Å². The van der Waals surface area contributed by atoms with Gasteiger partial charge in [0.15, 0.2) is 0 Å². The van der Waals surface area contributed by atoms with Crippen molar-refractivity contribution in [3.63, 3.8) is 0 Å². The number of nitrogens with zero attached hydrogens (tertiary/aromatic N) is 3. The number of para-hydroxylation sites is 6. The highest BCUT2D eigenvalue weighted by atomic mass is 14.9.